The van der Waals surface area contributed by atoms with Crippen molar-refractivity contribution in [3.05, 3.63) is 177 Å². The molecule has 0 bridgehead atoms. The van der Waals surface area contributed by atoms with Gasteiger partial charge in [0.1, 0.15) is 19.8 Å². The SMILES string of the molecule is O=C(O)c1ccc(Cc2ccccc2)cc1COOCc1ccc(COC(=O)c2cc(Cc3ccccc3)ccc2C(=O)O)cc1. The molecule has 0 aromatic heterocycles. The Kier molecular flexibility index (Phi) is 10.7. The highest BCUT2D eigenvalue weighted by Crippen LogP contribution is 2.20. The fourth-order valence-corrected chi connectivity index (χ4v) is 4.98. The van der Waals surface area contributed by atoms with Gasteiger partial charge in [-0.2, -0.15) is 0 Å². The zero-order valence-corrected chi connectivity index (χ0v) is 24.9. The number of hydrogen-bond acceptors (Lipinski definition) is 6. The molecular formula is C38H32O8. The van der Waals surface area contributed by atoms with Crippen LogP contribution in [0.2, 0.25) is 0 Å². The summed E-state index contributed by atoms with van der Waals surface area (Å²) in [7, 11) is 0. The Morgan fingerprint density at radius 2 is 0.935 bits per heavy atom. The largest absolute Gasteiger partial charge is 0.478 e. The van der Waals surface area contributed by atoms with Crippen LogP contribution in [0.4, 0.5) is 0 Å². The van der Waals surface area contributed by atoms with Crippen LogP contribution in [0.3, 0.4) is 0 Å². The second kappa shape index (κ2) is 15.4. The van der Waals surface area contributed by atoms with Crippen molar-refractivity contribution in [3.63, 3.8) is 0 Å². The predicted octanol–water partition coefficient (Wildman–Crippen LogP) is 7.27. The van der Waals surface area contributed by atoms with Gasteiger partial charge < -0.3 is 14.9 Å². The van der Waals surface area contributed by atoms with Crippen LogP contribution < -0.4 is 0 Å². The van der Waals surface area contributed by atoms with E-state index in [4.69, 9.17) is 14.5 Å². The highest BCUT2D eigenvalue weighted by Gasteiger charge is 2.19. The third-order valence-corrected chi connectivity index (χ3v) is 7.35. The molecule has 2 N–H and O–H groups in total. The van der Waals surface area contributed by atoms with Gasteiger partial charge in [-0.25, -0.2) is 24.2 Å². The molecule has 0 aliphatic rings. The van der Waals surface area contributed by atoms with Crippen LogP contribution in [-0.4, -0.2) is 28.1 Å². The van der Waals surface area contributed by atoms with E-state index in [0.717, 1.165) is 27.8 Å². The summed E-state index contributed by atoms with van der Waals surface area (Å²) >= 11 is 0. The Morgan fingerprint density at radius 3 is 1.50 bits per heavy atom. The van der Waals surface area contributed by atoms with Gasteiger partial charge in [-0.05, 0) is 70.0 Å². The second-order valence-electron chi connectivity index (χ2n) is 10.7. The number of hydrogen-bond donors (Lipinski definition) is 2. The van der Waals surface area contributed by atoms with E-state index >= 15 is 0 Å². The molecule has 0 spiro atoms. The topological polar surface area (TPSA) is 119 Å². The fraction of sp³-hybridized carbons (Fsp3) is 0.132. The van der Waals surface area contributed by atoms with E-state index in [2.05, 4.69) is 0 Å². The molecule has 0 amide bonds. The Labute approximate surface area is 266 Å². The summed E-state index contributed by atoms with van der Waals surface area (Å²) < 4.78 is 5.47. The van der Waals surface area contributed by atoms with Gasteiger partial charge in [-0.3, -0.25) is 0 Å². The van der Waals surface area contributed by atoms with Crippen molar-refractivity contribution in [2.75, 3.05) is 0 Å². The maximum absolute atomic E-state index is 12.9. The minimum Gasteiger partial charge on any atom is -0.478 e. The molecule has 0 fully saturated rings. The molecule has 8 heteroatoms. The number of carbonyl (C=O) groups is 3. The Hall–Kier alpha value is -5.57. The molecule has 8 nitrogen and oxygen atoms in total. The van der Waals surface area contributed by atoms with Gasteiger partial charge in [0, 0.05) is 0 Å². The highest BCUT2D eigenvalue weighted by atomic mass is 17.2. The predicted molar refractivity (Wildman–Crippen MR) is 170 cm³/mol. The molecule has 0 saturated carbocycles. The standard InChI is InChI=1S/C38H32O8/c39-36(40)33-17-15-30(19-26-7-3-1-4-8-26)21-32(33)25-46-45-24-29-13-11-28(12-14-29)23-44-38(43)35-22-31(16-18-34(35)37(41)42)20-27-9-5-2-6-10-27/h1-18,21-22H,19-20,23-25H2,(H,39,40)(H,41,42). The van der Waals surface area contributed by atoms with Gasteiger partial charge in [0.2, 0.25) is 0 Å². The summed E-state index contributed by atoms with van der Waals surface area (Å²) in [5, 5.41) is 19.2. The molecule has 0 aliphatic heterocycles. The molecular weight excluding hydrogens is 584 g/mol. The van der Waals surface area contributed by atoms with E-state index < -0.39 is 17.9 Å². The monoisotopic (exact) mass is 616 g/mol. The number of ether oxygens (including phenoxy) is 1. The molecule has 0 atom stereocenters. The zero-order valence-electron chi connectivity index (χ0n) is 24.9. The van der Waals surface area contributed by atoms with Gasteiger partial charge in [0.05, 0.1) is 16.7 Å². The molecule has 0 radical (unpaired) electrons. The lowest BCUT2D eigenvalue weighted by Crippen LogP contribution is -2.12. The van der Waals surface area contributed by atoms with Crippen LogP contribution in [0.1, 0.15) is 70.0 Å². The van der Waals surface area contributed by atoms with E-state index in [9.17, 15) is 24.6 Å². The van der Waals surface area contributed by atoms with E-state index in [-0.39, 0.29) is 36.5 Å². The Bertz CT molecular complexity index is 1800. The lowest BCUT2D eigenvalue weighted by atomic mass is 9.99. The molecule has 232 valence electrons. The van der Waals surface area contributed by atoms with Crippen LogP contribution in [0.25, 0.3) is 0 Å². The fourth-order valence-electron chi connectivity index (χ4n) is 4.98. The van der Waals surface area contributed by atoms with E-state index in [1.165, 1.54) is 6.07 Å². The number of carboxylic acid groups (broad SMARTS) is 2. The van der Waals surface area contributed by atoms with Crippen molar-refractivity contribution >= 4 is 17.9 Å². The summed E-state index contributed by atoms with van der Waals surface area (Å²) in [4.78, 5) is 47.2. The van der Waals surface area contributed by atoms with Crippen molar-refractivity contribution in [2.24, 2.45) is 0 Å². The van der Waals surface area contributed by atoms with Crippen molar-refractivity contribution in [2.45, 2.75) is 32.7 Å². The average molecular weight is 617 g/mol. The quantitative estimate of drug-likeness (QED) is 0.0579. The van der Waals surface area contributed by atoms with Crippen LogP contribution in [0.5, 0.6) is 0 Å². The first-order chi connectivity index (χ1) is 22.4. The maximum atomic E-state index is 12.9. The number of carboxylic acids is 2. The van der Waals surface area contributed by atoms with Gasteiger partial charge in [0.25, 0.3) is 0 Å². The number of benzene rings is 5. The van der Waals surface area contributed by atoms with Crippen LogP contribution in [0, 0.1) is 0 Å². The molecule has 0 unspecified atom stereocenters. The lowest BCUT2D eigenvalue weighted by molar-refractivity contribution is -0.313. The molecule has 5 aromatic rings. The summed E-state index contributed by atoms with van der Waals surface area (Å²) in [6.45, 7) is 0.0290. The molecule has 0 heterocycles. The summed E-state index contributed by atoms with van der Waals surface area (Å²) in [6.07, 6.45) is 1.22. The van der Waals surface area contributed by atoms with Crippen LogP contribution >= 0.6 is 0 Å². The zero-order chi connectivity index (χ0) is 32.3. The van der Waals surface area contributed by atoms with E-state index in [0.29, 0.717) is 24.0 Å². The van der Waals surface area contributed by atoms with Crippen molar-refractivity contribution in [1.82, 2.24) is 0 Å². The average Bonchev–Trinajstić information content (AvgIpc) is 3.07. The smallest absolute Gasteiger partial charge is 0.339 e. The first kappa shape index (κ1) is 31.8. The van der Waals surface area contributed by atoms with Crippen LogP contribution in [0.15, 0.2) is 121 Å². The summed E-state index contributed by atoms with van der Waals surface area (Å²) in [5.74, 6) is -2.97. The first-order valence-corrected chi connectivity index (χ1v) is 14.6. The van der Waals surface area contributed by atoms with E-state index in [1.807, 2.05) is 66.7 Å². The Balaban J connectivity index is 1.13. The van der Waals surface area contributed by atoms with Crippen molar-refractivity contribution < 1.29 is 39.1 Å². The van der Waals surface area contributed by atoms with Crippen molar-refractivity contribution in [3.8, 4) is 0 Å². The normalized spacial score (nSPS) is 10.8. The summed E-state index contributed by atoms with van der Waals surface area (Å²) in [5.41, 5.74) is 5.95. The summed E-state index contributed by atoms with van der Waals surface area (Å²) in [6, 6.07) is 36.6. The maximum Gasteiger partial charge on any atom is 0.339 e. The minimum absolute atomic E-state index is 0.000224. The number of esters is 1. The molecule has 5 aromatic carbocycles. The van der Waals surface area contributed by atoms with Crippen LogP contribution in [-0.2, 0) is 47.2 Å². The first-order valence-electron chi connectivity index (χ1n) is 14.6. The number of rotatable bonds is 14. The van der Waals surface area contributed by atoms with Gasteiger partial charge in [-0.15, -0.1) is 0 Å². The van der Waals surface area contributed by atoms with Gasteiger partial charge in [-0.1, -0.05) is 103 Å². The Morgan fingerprint density at radius 1 is 0.457 bits per heavy atom. The highest BCUT2D eigenvalue weighted by molar-refractivity contribution is 6.02. The van der Waals surface area contributed by atoms with Gasteiger partial charge >= 0.3 is 17.9 Å². The third-order valence-electron chi connectivity index (χ3n) is 7.35. The molecule has 0 aliphatic carbocycles. The minimum atomic E-state index is -1.20. The molecule has 5 rings (SSSR count). The number of carbonyl (C=O) groups excluding carboxylic acids is 1. The number of aromatic carboxylic acids is 2. The lowest BCUT2D eigenvalue weighted by Gasteiger charge is -2.11. The van der Waals surface area contributed by atoms with E-state index in [1.54, 1.807) is 48.5 Å². The molecule has 46 heavy (non-hydrogen) atoms. The van der Waals surface area contributed by atoms with Crippen molar-refractivity contribution in [1.29, 1.82) is 0 Å². The molecule has 0 saturated heterocycles. The van der Waals surface area contributed by atoms with Gasteiger partial charge in [0.15, 0.2) is 0 Å². The second-order valence-corrected chi connectivity index (χ2v) is 10.7. The third kappa shape index (κ3) is 8.75.